The Hall–Kier alpha value is -2.12. The second-order valence-corrected chi connectivity index (χ2v) is 10.6. The smallest absolute Gasteiger partial charge is 0.193 e. The zero-order valence-electron chi connectivity index (χ0n) is 21.0. The van der Waals surface area contributed by atoms with Gasteiger partial charge in [0.25, 0.3) is 0 Å². The number of pyridine rings is 2. The van der Waals surface area contributed by atoms with Gasteiger partial charge in [-0.25, -0.2) is 9.13 Å². The normalized spacial score (nSPS) is 11.3. The summed E-state index contributed by atoms with van der Waals surface area (Å²) in [6.07, 6.45) is 16.3. The molecule has 2 N–H and O–H groups in total. The number of rotatable bonds is 9. The van der Waals surface area contributed by atoms with Gasteiger partial charge >= 0.3 is 0 Å². The molecule has 2 aromatic carbocycles. The summed E-state index contributed by atoms with van der Waals surface area (Å²) in [6, 6.07) is 16.4. The number of unbranched alkanes of at least 4 members (excludes halogenated alkanes) is 5. The standard InChI is InChI=1S/C30H28Cl2N4.2BrH/c31-21-7-9-27-25(17-21)23-11-15-35(19-29(23)33-27)13-5-3-1-2-4-6-14-36-16-12-24-26-18-22(32)8-10-28(26)34-30(24)20-36;;/h7-12,15-20H,1-6,13-14H2;2*1H. The van der Waals surface area contributed by atoms with Gasteiger partial charge in [-0.3, -0.25) is 0 Å². The molecule has 0 bridgehead atoms. The molecule has 0 saturated carbocycles. The van der Waals surface area contributed by atoms with Crippen molar-refractivity contribution in [2.24, 2.45) is 0 Å². The Balaban J connectivity index is 0.00000168. The molecule has 6 rings (SSSR count). The molecule has 0 aliphatic rings. The van der Waals surface area contributed by atoms with Crippen LogP contribution in [0.5, 0.6) is 0 Å². The van der Waals surface area contributed by atoms with Crippen LogP contribution < -0.4 is 43.1 Å². The summed E-state index contributed by atoms with van der Waals surface area (Å²) in [5.41, 5.74) is 4.61. The summed E-state index contributed by atoms with van der Waals surface area (Å²) in [4.78, 5) is 7.03. The van der Waals surface area contributed by atoms with Gasteiger partial charge in [-0.1, -0.05) is 36.0 Å². The maximum Gasteiger partial charge on any atom is 0.193 e. The monoisotopic (exact) mass is 674 g/mol. The zero-order valence-corrected chi connectivity index (χ0v) is 25.7. The molecule has 0 spiro atoms. The highest BCUT2D eigenvalue weighted by Gasteiger charge is 2.11. The number of halogens is 4. The molecular formula is C30H30Br2Cl2N4. The molecule has 4 nitrogen and oxygen atoms in total. The number of fused-ring (bicyclic) bond motifs is 6. The lowest BCUT2D eigenvalue weighted by Gasteiger charge is -2.01. The van der Waals surface area contributed by atoms with Gasteiger partial charge in [-0.05, 0) is 49.2 Å². The van der Waals surface area contributed by atoms with Crippen LogP contribution in [-0.2, 0) is 13.1 Å². The van der Waals surface area contributed by atoms with E-state index in [1.165, 1.54) is 71.1 Å². The SMILES string of the molecule is Clc1ccc2[nH]c3c[n+](CCCCCCCC[n+]4ccc5c(c4)[nH]c4ccc(Cl)cc45)ccc3c2c1.[Br-].[Br-]. The number of aromatic amines is 2. The van der Waals surface area contributed by atoms with E-state index in [4.69, 9.17) is 23.2 Å². The van der Waals surface area contributed by atoms with Crippen molar-refractivity contribution < 1.29 is 43.1 Å². The first kappa shape index (κ1) is 28.9. The molecule has 198 valence electrons. The lowest BCUT2D eigenvalue weighted by Crippen LogP contribution is -3.00. The van der Waals surface area contributed by atoms with Crippen LogP contribution in [0.1, 0.15) is 38.5 Å². The molecule has 0 atom stereocenters. The maximum atomic E-state index is 6.18. The van der Waals surface area contributed by atoms with Gasteiger partial charge in [0.05, 0.1) is 0 Å². The molecule has 4 aromatic heterocycles. The molecule has 0 aliphatic heterocycles. The highest BCUT2D eigenvalue weighted by atomic mass is 79.9. The molecule has 0 radical (unpaired) electrons. The highest BCUT2D eigenvalue weighted by molar-refractivity contribution is 6.32. The predicted octanol–water partition coefficient (Wildman–Crippen LogP) is 1.89. The van der Waals surface area contributed by atoms with Crippen molar-refractivity contribution in [1.82, 2.24) is 9.97 Å². The molecule has 0 amide bonds. The van der Waals surface area contributed by atoms with Gasteiger partial charge in [-0.2, -0.15) is 0 Å². The van der Waals surface area contributed by atoms with E-state index in [0.29, 0.717) is 0 Å². The Kier molecular flexibility index (Phi) is 9.74. The number of nitrogens with zero attached hydrogens (tertiary/aromatic N) is 2. The Morgan fingerprint density at radius 3 is 1.37 bits per heavy atom. The number of aryl methyl sites for hydroxylation is 2. The fourth-order valence-electron chi connectivity index (χ4n) is 5.31. The number of hydrogen-bond donors (Lipinski definition) is 2. The van der Waals surface area contributed by atoms with E-state index in [2.05, 4.69) is 68.2 Å². The van der Waals surface area contributed by atoms with Crippen molar-refractivity contribution in [2.75, 3.05) is 0 Å². The third-order valence-electron chi connectivity index (χ3n) is 7.20. The second-order valence-electron chi connectivity index (χ2n) is 9.77. The highest BCUT2D eigenvalue weighted by Crippen LogP contribution is 2.28. The van der Waals surface area contributed by atoms with Crippen LogP contribution in [0.2, 0.25) is 10.0 Å². The molecular weight excluding hydrogens is 647 g/mol. The lowest BCUT2D eigenvalue weighted by atomic mass is 10.1. The fourth-order valence-corrected chi connectivity index (χ4v) is 5.65. The number of nitrogens with one attached hydrogen (secondary N) is 2. The first-order valence-electron chi connectivity index (χ1n) is 12.8. The molecule has 6 aromatic rings. The average molecular weight is 677 g/mol. The van der Waals surface area contributed by atoms with Crippen molar-refractivity contribution >= 4 is 66.8 Å². The second kappa shape index (κ2) is 12.8. The molecule has 4 heterocycles. The topological polar surface area (TPSA) is 39.3 Å². The van der Waals surface area contributed by atoms with Gasteiger partial charge in [0.2, 0.25) is 0 Å². The van der Waals surface area contributed by atoms with E-state index in [-0.39, 0.29) is 34.0 Å². The Bertz CT molecular complexity index is 1570. The van der Waals surface area contributed by atoms with Gasteiger partial charge < -0.3 is 43.9 Å². The van der Waals surface area contributed by atoms with E-state index in [1.54, 1.807) is 0 Å². The van der Waals surface area contributed by atoms with Gasteiger partial charge in [0, 0.05) is 67.6 Å². The summed E-state index contributed by atoms with van der Waals surface area (Å²) < 4.78 is 4.59. The van der Waals surface area contributed by atoms with Crippen LogP contribution in [0.3, 0.4) is 0 Å². The summed E-state index contributed by atoms with van der Waals surface area (Å²) in [5, 5.41) is 6.40. The van der Waals surface area contributed by atoms with E-state index >= 15 is 0 Å². The summed E-state index contributed by atoms with van der Waals surface area (Å²) in [5.74, 6) is 0. The number of aromatic nitrogens is 4. The Labute approximate surface area is 253 Å². The van der Waals surface area contributed by atoms with Crippen LogP contribution in [0.4, 0.5) is 0 Å². The van der Waals surface area contributed by atoms with E-state index in [1.807, 2.05) is 24.3 Å². The minimum atomic E-state index is 0. The summed E-state index contributed by atoms with van der Waals surface area (Å²) >= 11 is 12.4. The third-order valence-corrected chi connectivity index (χ3v) is 7.67. The van der Waals surface area contributed by atoms with Crippen molar-refractivity contribution in [1.29, 1.82) is 0 Å². The van der Waals surface area contributed by atoms with Crippen LogP contribution >= 0.6 is 23.2 Å². The third kappa shape index (κ3) is 6.20. The Morgan fingerprint density at radius 1 is 0.500 bits per heavy atom. The van der Waals surface area contributed by atoms with E-state index < -0.39 is 0 Å². The number of H-pyrrole nitrogens is 2. The van der Waals surface area contributed by atoms with Crippen LogP contribution in [0.15, 0.2) is 73.3 Å². The van der Waals surface area contributed by atoms with Crippen molar-refractivity contribution in [3.8, 4) is 0 Å². The summed E-state index contributed by atoms with van der Waals surface area (Å²) in [7, 11) is 0. The van der Waals surface area contributed by atoms with Crippen molar-refractivity contribution in [3.63, 3.8) is 0 Å². The van der Waals surface area contributed by atoms with Gasteiger partial charge in [0.15, 0.2) is 24.8 Å². The first-order chi connectivity index (χ1) is 17.6. The number of benzene rings is 2. The van der Waals surface area contributed by atoms with E-state index in [0.717, 1.165) is 34.2 Å². The first-order valence-corrected chi connectivity index (χ1v) is 13.6. The minimum Gasteiger partial charge on any atom is -1.00 e. The van der Waals surface area contributed by atoms with Crippen molar-refractivity contribution in [2.45, 2.75) is 51.6 Å². The fraction of sp³-hybridized carbons (Fsp3) is 0.267. The molecule has 0 unspecified atom stereocenters. The Morgan fingerprint density at radius 2 is 0.921 bits per heavy atom. The molecule has 0 aliphatic carbocycles. The maximum absolute atomic E-state index is 6.18. The predicted molar refractivity (Wildman–Crippen MR) is 150 cm³/mol. The minimum absolute atomic E-state index is 0. The molecule has 8 heteroatoms. The quantitative estimate of drug-likeness (QED) is 0.174. The largest absolute Gasteiger partial charge is 1.00 e. The van der Waals surface area contributed by atoms with Crippen molar-refractivity contribution in [3.05, 3.63) is 83.4 Å². The molecule has 0 saturated heterocycles. The zero-order chi connectivity index (χ0) is 24.5. The summed E-state index contributed by atoms with van der Waals surface area (Å²) in [6.45, 7) is 2.11. The van der Waals surface area contributed by atoms with Crippen LogP contribution in [0.25, 0.3) is 43.6 Å². The van der Waals surface area contributed by atoms with E-state index in [9.17, 15) is 0 Å². The van der Waals surface area contributed by atoms with Gasteiger partial charge in [0.1, 0.15) is 24.1 Å². The van der Waals surface area contributed by atoms with Crippen LogP contribution in [-0.4, -0.2) is 9.97 Å². The average Bonchev–Trinajstić information content (AvgIpc) is 3.42. The molecule has 0 fully saturated rings. The molecule has 38 heavy (non-hydrogen) atoms. The lowest BCUT2D eigenvalue weighted by molar-refractivity contribution is -0.696. The van der Waals surface area contributed by atoms with Crippen LogP contribution in [0, 0.1) is 0 Å². The number of hydrogen-bond acceptors (Lipinski definition) is 0. The van der Waals surface area contributed by atoms with Gasteiger partial charge in [-0.15, -0.1) is 0 Å².